The van der Waals surface area contributed by atoms with Crippen molar-refractivity contribution in [3.8, 4) is 11.3 Å². The molecule has 6 heteroatoms. The molecule has 1 aliphatic rings. The molecule has 0 saturated carbocycles. The Bertz CT molecular complexity index is 980. The first-order chi connectivity index (χ1) is 13.6. The van der Waals surface area contributed by atoms with E-state index in [0.29, 0.717) is 18.8 Å². The normalized spacial score (nSPS) is 15.9. The molecule has 1 amide bonds. The number of fused-ring (bicyclic) bond motifs is 1. The zero-order chi connectivity index (χ0) is 19.7. The number of methoxy groups -OCH3 is 1. The van der Waals surface area contributed by atoms with Gasteiger partial charge in [-0.1, -0.05) is 57.9 Å². The van der Waals surface area contributed by atoms with Crippen molar-refractivity contribution in [2.45, 2.75) is 19.4 Å². The van der Waals surface area contributed by atoms with Gasteiger partial charge in [-0.3, -0.25) is 9.89 Å². The summed E-state index contributed by atoms with van der Waals surface area (Å²) in [6.45, 7) is 3.32. The predicted molar refractivity (Wildman–Crippen MR) is 112 cm³/mol. The summed E-state index contributed by atoms with van der Waals surface area (Å²) in [5.41, 5.74) is 5.64. The van der Waals surface area contributed by atoms with Crippen LogP contribution < -0.4 is 0 Å². The Morgan fingerprint density at radius 2 is 1.86 bits per heavy atom. The molecule has 0 spiro atoms. The average Bonchev–Trinajstić information content (AvgIpc) is 3.23. The maximum Gasteiger partial charge on any atom is 0.273 e. The molecule has 0 saturated heterocycles. The third-order valence-corrected chi connectivity index (χ3v) is 5.65. The lowest BCUT2D eigenvalue weighted by molar-refractivity contribution is 0.0723. The highest BCUT2D eigenvalue weighted by Gasteiger charge is 2.41. The molecule has 0 bridgehead atoms. The maximum atomic E-state index is 13.1. The minimum absolute atomic E-state index is 0.00691. The van der Waals surface area contributed by atoms with Gasteiger partial charge in [0.05, 0.1) is 11.7 Å². The molecule has 1 aliphatic heterocycles. The number of aryl methyl sites for hydroxylation is 1. The highest BCUT2D eigenvalue weighted by atomic mass is 79.9. The molecule has 0 radical (unpaired) electrons. The van der Waals surface area contributed by atoms with Gasteiger partial charge in [-0.15, -0.1) is 0 Å². The molecule has 5 nitrogen and oxygen atoms in total. The van der Waals surface area contributed by atoms with E-state index in [4.69, 9.17) is 4.74 Å². The van der Waals surface area contributed by atoms with E-state index in [1.165, 1.54) is 5.56 Å². The van der Waals surface area contributed by atoms with Crippen LogP contribution in [0.1, 0.15) is 39.6 Å². The Balaban J connectivity index is 1.80. The lowest BCUT2D eigenvalue weighted by Gasteiger charge is -2.26. The molecule has 144 valence electrons. The number of ether oxygens (including phenoxy) is 1. The number of hydrogen-bond donors (Lipinski definition) is 1. The first kappa shape index (κ1) is 18.9. The van der Waals surface area contributed by atoms with E-state index in [2.05, 4.69) is 57.3 Å². The van der Waals surface area contributed by atoms with Crippen molar-refractivity contribution in [2.24, 2.45) is 0 Å². The van der Waals surface area contributed by atoms with Gasteiger partial charge < -0.3 is 9.64 Å². The molecule has 2 heterocycles. The smallest absolute Gasteiger partial charge is 0.273 e. The van der Waals surface area contributed by atoms with Gasteiger partial charge in [0, 0.05) is 35.9 Å². The molecule has 3 aromatic rings. The van der Waals surface area contributed by atoms with Crippen molar-refractivity contribution >= 4 is 21.8 Å². The van der Waals surface area contributed by atoms with Crippen molar-refractivity contribution in [2.75, 3.05) is 20.3 Å². The largest absolute Gasteiger partial charge is 0.385 e. The minimum atomic E-state index is -0.155. The third-order valence-electron chi connectivity index (χ3n) is 5.12. The zero-order valence-electron chi connectivity index (χ0n) is 15.9. The van der Waals surface area contributed by atoms with Gasteiger partial charge in [0.2, 0.25) is 0 Å². The monoisotopic (exact) mass is 439 g/mol. The van der Waals surface area contributed by atoms with Crippen LogP contribution in [-0.2, 0) is 4.74 Å². The molecule has 28 heavy (non-hydrogen) atoms. The van der Waals surface area contributed by atoms with Gasteiger partial charge >= 0.3 is 0 Å². The number of carbonyl (C=O) groups excluding carboxylic acids is 1. The van der Waals surface area contributed by atoms with E-state index >= 15 is 0 Å². The fourth-order valence-electron chi connectivity index (χ4n) is 3.73. The van der Waals surface area contributed by atoms with Crippen LogP contribution in [0, 0.1) is 6.92 Å². The quantitative estimate of drug-likeness (QED) is 0.564. The van der Waals surface area contributed by atoms with Crippen molar-refractivity contribution in [1.29, 1.82) is 0 Å². The van der Waals surface area contributed by atoms with Crippen LogP contribution in [0.4, 0.5) is 0 Å². The Labute approximate surface area is 172 Å². The van der Waals surface area contributed by atoms with E-state index in [0.717, 1.165) is 33.3 Å². The molecular formula is C22H22BrN3O2. The van der Waals surface area contributed by atoms with Gasteiger partial charge in [-0.25, -0.2) is 0 Å². The van der Waals surface area contributed by atoms with E-state index in [1.54, 1.807) is 7.11 Å². The molecule has 1 aromatic heterocycles. The molecule has 1 atom stereocenters. The van der Waals surface area contributed by atoms with Crippen LogP contribution in [0.5, 0.6) is 0 Å². The van der Waals surface area contributed by atoms with Crippen LogP contribution in [0.3, 0.4) is 0 Å². The van der Waals surface area contributed by atoms with Crippen LogP contribution in [0.25, 0.3) is 11.3 Å². The molecular weight excluding hydrogens is 418 g/mol. The first-order valence-corrected chi connectivity index (χ1v) is 10.1. The zero-order valence-corrected chi connectivity index (χ0v) is 17.5. The van der Waals surface area contributed by atoms with Crippen molar-refractivity contribution in [3.63, 3.8) is 0 Å². The third kappa shape index (κ3) is 3.38. The summed E-state index contributed by atoms with van der Waals surface area (Å²) in [6, 6.07) is 16.2. The number of amides is 1. The summed E-state index contributed by atoms with van der Waals surface area (Å²) < 4.78 is 6.20. The minimum Gasteiger partial charge on any atom is -0.385 e. The van der Waals surface area contributed by atoms with E-state index in [9.17, 15) is 4.79 Å². The van der Waals surface area contributed by atoms with Gasteiger partial charge in [-0.2, -0.15) is 5.10 Å². The summed E-state index contributed by atoms with van der Waals surface area (Å²) in [7, 11) is 1.68. The Morgan fingerprint density at radius 3 is 2.54 bits per heavy atom. The lowest BCUT2D eigenvalue weighted by atomic mass is 9.95. The number of nitrogens with one attached hydrogen (secondary N) is 1. The van der Waals surface area contributed by atoms with E-state index in [1.807, 2.05) is 29.2 Å². The molecule has 2 aromatic carbocycles. The van der Waals surface area contributed by atoms with Crippen LogP contribution in [0.15, 0.2) is 53.0 Å². The number of halogens is 1. The van der Waals surface area contributed by atoms with Gasteiger partial charge in [0.15, 0.2) is 0 Å². The standard InChI is InChI=1S/C22H22BrN3O2/c1-14-4-6-16(7-5-14)21-18-19(15-8-10-17(23)11-9-15)24-25-20(18)22(27)26(21)12-3-13-28-2/h4-11,21H,3,12-13H2,1-2H3,(H,24,25). The Kier molecular flexibility index (Phi) is 5.33. The number of hydrogen-bond acceptors (Lipinski definition) is 3. The molecule has 1 N–H and O–H groups in total. The van der Waals surface area contributed by atoms with Gasteiger partial charge in [0.25, 0.3) is 5.91 Å². The number of aromatic nitrogens is 2. The summed E-state index contributed by atoms with van der Waals surface area (Å²) >= 11 is 3.48. The van der Waals surface area contributed by atoms with Crippen molar-refractivity contribution in [3.05, 3.63) is 75.4 Å². The maximum absolute atomic E-state index is 13.1. The van der Waals surface area contributed by atoms with Crippen LogP contribution in [-0.4, -0.2) is 41.3 Å². The fraction of sp³-hybridized carbons (Fsp3) is 0.273. The summed E-state index contributed by atoms with van der Waals surface area (Å²) in [6.07, 6.45) is 0.788. The number of nitrogens with zero attached hydrogens (tertiary/aromatic N) is 2. The molecule has 4 rings (SSSR count). The second kappa shape index (κ2) is 7.89. The Morgan fingerprint density at radius 1 is 1.14 bits per heavy atom. The Hall–Kier alpha value is -2.44. The summed E-state index contributed by atoms with van der Waals surface area (Å²) in [5, 5.41) is 7.50. The molecule has 0 fully saturated rings. The van der Waals surface area contributed by atoms with E-state index < -0.39 is 0 Å². The average molecular weight is 440 g/mol. The number of aromatic amines is 1. The van der Waals surface area contributed by atoms with E-state index in [-0.39, 0.29) is 11.9 Å². The first-order valence-electron chi connectivity index (χ1n) is 9.31. The highest BCUT2D eigenvalue weighted by molar-refractivity contribution is 9.10. The topological polar surface area (TPSA) is 58.2 Å². The fourth-order valence-corrected chi connectivity index (χ4v) is 3.99. The summed E-state index contributed by atoms with van der Waals surface area (Å²) in [5.74, 6) is -0.00691. The number of rotatable bonds is 6. The SMILES string of the molecule is COCCCN1C(=O)c2[nH]nc(-c3ccc(Br)cc3)c2C1c1ccc(C)cc1. The van der Waals surface area contributed by atoms with Crippen molar-refractivity contribution < 1.29 is 9.53 Å². The number of H-pyrrole nitrogens is 1. The number of benzene rings is 2. The second-order valence-electron chi connectivity index (χ2n) is 7.03. The number of carbonyl (C=O) groups is 1. The van der Waals surface area contributed by atoms with Gasteiger partial charge in [0.1, 0.15) is 5.69 Å². The van der Waals surface area contributed by atoms with Crippen LogP contribution >= 0.6 is 15.9 Å². The molecule has 0 aliphatic carbocycles. The lowest BCUT2D eigenvalue weighted by Crippen LogP contribution is -2.31. The summed E-state index contributed by atoms with van der Waals surface area (Å²) in [4.78, 5) is 15.1. The predicted octanol–water partition coefficient (Wildman–Crippen LogP) is 4.73. The second-order valence-corrected chi connectivity index (χ2v) is 7.94. The van der Waals surface area contributed by atoms with Gasteiger partial charge in [-0.05, 0) is 31.0 Å². The van der Waals surface area contributed by atoms with Crippen LogP contribution in [0.2, 0.25) is 0 Å². The molecule has 1 unspecified atom stereocenters. The highest BCUT2D eigenvalue weighted by Crippen LogP contribution is 2.42. The van der Waals surface area contributed by atoms with Crippen molar-refractivity contribution in [1.82, 2.24) is 15.1 Å².